The Morgan fingerprint density at radius 3 is 3.05 bits per heavy atom. The third kappa shape index (κ3) is 3.57. The predicted molar refractivity (Wildman–Crippen MR) is 77.6 cm³/mol. The van der Waals surface area contributed by atoms with Crippen molar-refractivity contribution in [2.45, 2.75) is 38.7 Å². The summed E-state index contributed by atoms with van der Waals surface area (Å²) in [6, 6.07) is 0. The lowest BCUT2D eigenvalue weighted by atomic mass is 9.91. The summed E-state index contributed by atoms with van der Waals surface area (Å²) in [5, 5.41) is 0. The smallest absolute Gasteiger partial charge is 0.166 e. The van der Waals surface area contributed by atoms with E-state index in [-0.39, 0.29) is 11.9 Å². The molecule has 1 unspecified atom stereocenters. The molecule has 1 heterocycles. The van der Waals surface area contributed by atoms with Crippen molar-refractivity contribution in [1.82, 2.24) is 0 Å². The highest BCUT2D eigenvalue weighted by Crippen LogP contribution is 2.25. The topological polar surface area (TPSA) is 26.3 Å². The zero-order valence-corrected chi connectivity index (χ0v) is 11.4. The van der Waals surface area contributed by atoms with E-state index in [2.05, 4.69) is 24.8 Å². The second-order valence-corrected chi connectivity index (χ2v) is 4.93. The van der Waals surface area contributed by atoms with Gasteiger partial charge in [0.05, 0.1) is 6.26 Å². The fourth-order valence-corrected chi connectivity index (χ4v) is 2.25. The molecule has 0 aromatic heterocycles. The van der Waals surface area contributed by atoms with Gasteiger partial charge in [0.2, 0.25) is 0 Å². The highest BCUT2D eigenvalue weighted by Gasteiger charge is 2.15. The van der Waals surface area contributed by atoms with Crippen LogP contribution in [0, 0.1) is 0 Å². The maximum absolute atomic E-state index is 12.3. The molecule has 0 N–H and O–H groups in total. The Morgan fingerprint density at radius 2 is 2.26 bits per heavy atom. The SMILES string of the molecule is C=CC/C1=C/OC(C)/C=C\C2=C(C=CCC2)CC1=O. The first kappa shape index (κ1) is 13.6. The number of ketones is 1. The van der Waals surface area contributed by atoms with Crippen molar-refractivity contribution in [3.05, 3.63) is 59.9 Å². The summed E-state index contributed by atoms with van der Waals surface area (Å²) in [4.78, 5) is 12.3. The molecule has 2 nitrogen and oxygen atoms in total. The van der Waals surface area contributed by atoms with E-state index < -0.39 is 0 Å². The fraction of sp³-hybridized carbons (Fsp3) is 0.353. The number of allylic oxidation sites excluding steroid dienone is 7. The Labute approximate surface area is 114 Å². The number of Topliss-reactive ketones (excluding diaryl/α,β-unsaturated/α-hetero) is 1. The van der Waals surface area contributed by atoms with E-state index in [0.29, 0.717) is 18.4 Å². The number of ether oxygens (including phenoxy) is 1. The van der Waals surface area contributed by atoms with Crippen molar-refractivity contribution in [2.75, 3.05) is 0 Å². The highest BCUT2D eigenvalue weighted by molar-refractivity contribution is 5.97. The van der Waals surface area contributed by atoms with E-state index in [1.807, 2.05) is 13.0 Å². The second kappa shape index (κ2) is 6.37. The molecule has 0 bridgehead atoms. The maximum atomic E-state index is 12.3. The van der Waals surface area contributed by atoms with Gasteiger partial charge in [-0.3, -0.25) is 4.79 Å². The van der Waals surface area contributed by atoms with E-state index in [4.69, 9.17) is 4.74 Å². The molecule has 0 amide bonds. The van der Waals surface area contributed by atoms with Crippen molar-refractivity contribution in [1.29, 1.82) is 0 Å². The highest BCUT2D eigenvalue weighted by atomic mass is 16.5. The van der Waals surface area contributed by atoms with Crippen LogP contribution < -0.4 is 0 Å². The van der Waals surface area contributed by atoms with Gasteiger partial charge in [-0.1, -0.05) is 24.3 Å². The summed E-state index contributed by atoms with van der Waals surface area (Å²) in [7, 11) is 0. The molecule has 0 aromatic carbocycles. The summed E-state index contributed by atoms with van der Waals surface area (Å²) in [5.74, 6) is 0.126. The summed E-state index contributed by atoms with van der Waals surface area (Å²) >= 11 is 0. The van der Waals surface area contributed by atoms with Crippen molar-refractivity contribution in [3.8, 4) is 0 Å². The number of carbonyl (C=O) groups excluding carboxylic acids is 1. The number of carbonyl (C=O) groups is 1. The predicted octanol–water partition coefficient (Wildman–Crippen LogP) is 4.03. The van der Waals surface area contributed by atoms with E-state index in [9.17, 15) is 4.79 Å². The Hall–Kier alpha value is -1.83. The largest absolute Gasteiger partial charge is 0.494 e. The van der Waals surface area contributed by atoms with Gasteiger partial charge in [-0.25, -0.2) is 0 Å². The van der Waals surface area contributed by atoms with E-state index in [1.54, 1.807) is 12.3 Å². The van der Waals surface area contributed by atoms with Gasteiger partial charge in [-0.15, -0.1) is 6.58 Å². The molecule has 1 aliphatic heterocycles. The summed E-state index contributed by atoms with van der Waals surface area (Å²) in [6.45, 7) is 5.67. The minimum absolute atomic E-state index is 0.0228. The normalized spacial score (nSPS) is 27.9. The lowest BCUT2D eigenvalue weighted by molar-refractivity contribution is -0.115. The van der Waals surface area contributed by atoms with Gasteiger partial charge in [0.15, 0.2) is 5.78 Å². The first-order chi connectivity index (χ1) is 9.20. The van der Waals surface area contributed by atoms with Gasteiger partial charge in [0.1, 0.15) is 6.10 Å². The number of hydrogen-bond donors (Lipinski definition) is 0. The minimum Gasteiger partial charge on any atom is -0.494 e. The van der Waals surface area contributed by atoms with Crippen LogP contribution in [0.3, 0.4) is 0 Å². The fourth-order valence-electron chi connectivity index (χ4n) is 2.25. The molecule has 0 saturated carbocycles. The van der Waals surface area contributed by atoms with Crippen molar-refractivity contribution < 1.29 is 9.53 Å². The van der Waals surface area contributed by atoms with Crippen LogP contribution in [0.2, 0.25) is 0 Å². The van der Waals surface area contributed by atoms with Gasteiger partial charge < -0.3 is 4.74 Å². The molecule has 0 fully saturated rings. The number of hydrogen-bond acceptors (Lipinski definition) is 2. The first-order valence-corrected chi connectivity index (χ1v) is 6.76. The Kier molecular flexibility index (Phi) is 4.56. The summed E-state index contributed by atoms with van der Waals surface area (Å²) in [6.07, 6.45) is 14.7. The quantitative estimate of drug-likeness (QED) is 0.697. The average molecular weight is 256 g/mol. The molecular weight excluding hydrogens is 236 g/mol. The number of rotatable bonds is 2. The average Bonchev–Trinajstić information content (AvgIpc) is 2.41. The van der Waals surface area contributed by atoms with Crippen LogP contribution in [0.5, 0.6) is 0 Å². The van der Waals surface area contributed by atoms with Crippen LogP contribution in [0.1, 0.15) is 32.6 Å². The van der Waals surface area contributed by atoms with Crippen LogP contribution in [0.15, 0.2) is 59.9 Å². The Morgan fingerprint density at radius 1 is 1.42 bits per heavy atom. The van der Waals surface area contributed by atoms with E-state index >= 15 is 0 Å². The zero-order chi connectivity index (χ0) is 13.7. The molecule has 19 heavy (non-hydrogen) atoms. The standard InChI is InChI=1S/C17H20O2/c1-3-6-16-12-19-13(2)9-10-14-7-4-5-8-15(14)11-17(16)18/h3,5,8-10,12-13H,1,4,6-7,11H2,2H3/b10-9-,16-12-. The molecule has 100 valence electrons. The van der Waals surface area contributed by atoms with Gasteiger partial charge in [0.25, 0.3) is 0 Å². The van der Waals surface area contributed by atoms with Crippen molar-refractivity contribution >= 4 is 5.78 Å². The summed E-state index contributed by atoms with van der Waals surface area (Å²) < 4.78 is 5.58. The van der Waals surface area contributed by atoms with Gasteiger partial charge >= 0.3 is 0 Å². The molecule has 0 spiro atoms. The molecule has 0 radical (unpaired) electrons. The molecule has 1 aliphatic carbocycles. The van der Waals surface area contributed by atoms with Gasteiger partial charge in [-0.05, 0) is 43.4 Å². The van der Waals surface area contributed by atoms with Crippen LogP contribution in [0.25, 0.3) is 0 Å². The Bertz CT molecular complexity index is 489. The van der Waals surface area contributed by atoms with Crippen LogP contribution >= 0.6 is 0 Å². The third-order valence-electron chi connectivity index (χ3n) is 3.38. The van der Waals surface area contributed by atoms with Crippen molar-refractivity contribution in [2.24, 2.45) is 0 Å². The molecule has 1 atom stereocenters. The summed E-state index contributed by atoms with van der Waals surface area (Å²) in [5.41, 5.74) is 3.09. The van der Waals surface area contributed by atoms with Crippen molar-refractivity contribution in [3.63, 3.8) is 0 Å². The lowest BCUT2D eigenvalue weighted by Crippen LogP contribution is -2.10. The molecule has 2 rings (SSSR count). The maximum Gasteiger partial charge on any atom is 0.166 e. The molecule has 2 heteroatoms. The molecule has 0 saturated heterocycles. The Balaban J connectivity index is 2.33. The monoisotopic (exact) mass is 256 g/mol. The van der Waals surface area contributed by atoms with Crippen LogP contribution in [-0.4, -0.2) is 11.9 Å². The minimum atomic E-state index is -0.0228. The first-order valence-electron chi connectivity index (χ1n) is 6.76. The molecular formula is C17H20O2. The molecule has 2 aliphatic rings. The van der Waals surface area contributed by atoms with Gasteiger partial charge in [0, 0.05) is 12.0 Å². The van der Waals surface area contributed by atoms with Crippen LogP contribution in [-0.2, 0) is 9.53 Å². The second-order valence-electron chi connectivity index (χ2n) is 4.93. The van der Waals surface area contributed by atoms with Crippen LogP contribution in [0.4, 0.5) is 0 Å². The lowest BCUT2D eigenvalue weighted by Gasteiger charge is -2.16. The van der Waals surface area contributed by atoms with Gasteiger partial charge in [-0.2, -0.15) is 0 Å². The molecule has 0 aromatic rings. The third-order valence-corrected chi connectivity index (χ3v) is 3.38. The zero-order valence-electron chi connectivity index (χ0n) is 11.4. The van der Waals surface area contributed by atoms with E-state index in [1.165, 1.54) is 5.57 Å². The van der Waals surface area contributed by atoms with E-state index in [0.717, 1.165) is 18.4 Å².